The molecule has 0 saturated carbocycles. The van der Waals surface area contributed by atoms with Crippen LogP contribution in [0.5, 0.6) is 11.5 Å². The third kappa shape index (κ3) is 2.72. The Kier molecular flexibility index (Phi) is 4.02. The molecular weight excluding hydrogens is 356 g/mol. The molecule has 4 heterocycles. The molecule has 0 unspecified atom stereocenters. The van der Waals surface area contributed by atoms with Gasteiger partial charge in [0, 0.05) is 43.9 Å². The van der Waals surface area contributed by atoms with Gasteiger partial charge < -0.3 is 24.7 Å². The molecule has 0 aliphatic carbocycles. The number of hydrogen-bond donors (Lipinski definition) is 1. The predicted octanol–water partition coefficient (Wildman–Crippen LogP) is 2.57. The summed E-state index contributed by atoms with van der Waals surface area (Å²) in [6, 6.07) is 8.41. The Balaban J connectivity index is 1.57. The number of nitrogens with zero attached hydrogens (tertiary/aromatic N) is 5. The molecule has 1 fully saturated rings. The number of aromatic nitrogens is 3. The molecule has 1 saturated heterocycles. The SMILES string of the molecule is N#CCCN1CC[C@H](n2cc(-c3ccc4c(c3)OCO4)c3c(N)ncnc32)C1. The van der Waals surface area contributed by atoms with Gasteiger partial charge in [-0.2, -0.15) is 5.26 Å². The molecular formula is C20H20N6O2. The average Bonchev–Trinajstić information content (AvgIpc) is 3.43. The zero-order valence-corrected chi connectivity index (χ0v) is 15.3. The summed E-state index contributed by atoms with van der Waals surface area (Å²) in [6.45, 7) is 2.92. The van der Waals surface area contributed by atoms with Gasteiger partial charge in [0.2, 0.25) is 6.79 Å². The number of likely N-dealkylation sites (tertiary alicyclic amines) is 1. The van der Waals surface area contributed by atoms with Gasteiger partial charge in [0.1, 0.15) is 17.8 Å². The summed E-state index contributed by atoms with van der Waals surface area (Å²) in [7, 11) is 0. The van der Waals surface area contributed by atoms with Gasteiger partial charge in [-0.1, -0.05) is 6.07 Å². The van der Waals surface area contributed by atoms with Crippen LogP contribution in [-0.2, 0) is 0 Å². The van der Waals surface area contributed by atoms with Gasteiger partial charge in [-0.25, -0.2) is 9.97 Å². The van der Waals surface area contributed by atoms with Crippen LogP contribution in [0.4, 0.5) is 5.82 Å². The molecule has 3 aromatic rings. The Hall–Kier alpha value is -3.31. The summed E-state index contributed by atoms with van der Waals surface area (Å²) >= 11 is 0. The second-order valence-electron chi connectivity index (χ2n) is 7.13. The molecule has 0 radical (unpaired) electrons. The van der Waals surface area contributed by atoms with E-state index in [2.05, 4.69) is 31.7 Å². The molecule has 142 valence electrons. The molecule has 5 rings (SSSR count). The van der Waals surface area contributed by atoms with Gasteiger partial charge in [0.25, 0.3) is 0 Å². The van der Waals surface area contributed by atoms with E-state index in [1.165, 1.54) is 6.33 Å². The van der Waals surface area contributed by atoms with Gasteiger partial charge in [-0.3, -0.25) is 0 Å². The fraction of sp³-hybridized carbons (Fsp3) is 0.350. The van der Waals surface area contributed by atoms with Crippen LogP contribution < -0.4 is 15.2 Å². The molecule has 1 aromatic carbocycles. The summed E-state index contributed by atoms with van der Waals surface area (Å²) in [4.78, 5) is 11.1. The summed E-state index contributed by atoms with van der Waals surface area (Å²) in [5.41, 5.74) is 9.07. The van der Waals surface area contributed by atoms with Crippen molar-refractivity contribution >= 4 is 16.9 Å². The van der Waals surface area contributed by atoms with Crippen molar-refractivity contribution in [2.75, 3.05) is 32.2 Å². The van der Waals surface area contributed by atoms with Crippen LogP contribution in [0.3, 0.4) is 0 Å². The Morgan fingerprint density at radius 3 is 3.04 bits per heavy atom. The number of fused-ring (bicyclic) bond motifs is 2. The zero-order chi connectivity index (χ0) is 19.1. The standard InChI is InChI=1S/C20H20N6O2/c21-5-1-6-25-7-4-14(9-25)26-10-15(18-19(22)23-11-24-20(18)26)13-2-3-16-17(8-13)28-12-27-16/h2-3,8,10-11,14H,1,4,6-7,9,12H2,(H2,22,23,24)/t14-/m0/s1. The van der Waals surface area contributed by atoms with Crippen molar-refractivity contribution in [2.24, 2.45) is 0 Å². The van der Waals surface area contributed by atoms with E-state index in [-0.39, 0.29) is 6.79 Å². The minimum absolute atomic E-state index is 0.242. The fourth-order valence-electron chi connectivity index (χ4n) is 4.12. The summed E-state index contributed by atoms with van der Waals surface area (Å²) in [5.74, 6) is 1.95. The number of anilines is 1. The first-order valence-corrected chi connectivity index (χ1v) is 9.35. The van der Waals surface area contributed by atoms with Gasteiger partial charge in [-0.05, 0) is 24.1 Å². The first-order chi connectivity index (χ1) is 13.7. The van der Waals surface area contributed by atoms with E-state index in [9.17, 15) is 0 Å². The lowest BCUT2D eigenvalue weighted by Crippen LogP contribution is -2.22. The van der Waals surface area contributed by atoms with E-state index in [1.807, 2.05) is 18.2 Å². The van der Waals surface area contributed by atoms with Crippen molar-refractivity contribution in [1.82, 2.24) is 19.4 Å². The number of nitriles is 1. The highest BCUT2D eigenvalue weighted by Gasteiger charge is 2.27. The minimum Gasteiger partial charge on any atom is -0.454 e. The second kappa shape index (κ2) is 6.69. The predicted molar refractivity (Wildman–Crippen MR) is 104 cm³/mol. The quantitative estimate of drug-likeness (QED) is 0.746. The van der Waals surface area contributed by atoms with Gasteiger partial charge in [-0.15, -0.1) is 0 Å². The molecule has 2 N–H and O–H groups in total. The van der Waals surface area contributed by atoms with Crippen molar-refractivity contribution in [3.05, 3.63) is 30.7 Å². The summed E-state index contributed by atoms with van der Waals surface area (Å²) in [6.07, 6.45) is 5.20. The van der Waals surface area contributed by atoms with Crippen molar-refractivity contribution in [3.63, 3.8) is 0 Å². The molecule has 2 aliphatic heterocycles. The number of nitrogens with two attached hydrogens (primary N) is 1. The first kappa shape index (κ1) is 16.8. The molecule has 0 spiro atoms. The van der Waals surface area contributed by atoms with Crippen molar-refractivity contribution in [1.29, 1.82) is 5.26 Å². The van der Waals surface area contributed by atoms with E-state index < -0.39 is 0 Å². The molecule has 1 atom stereocenters. The molecule has 0 amide bonds. The van der Waals surface area contributed by atoms with Crippen molar-refractivity contribution in [2.45, 2.75) is 18.9 Å². The van der Waals surface area contributed by atoms with E-state index in [4.69, 9.17) is 20.5 Å². The number of rotatable bonds is 4. The first-order valence-electron chi connectivity index (χ1n) is 9.35. The van der Waals surface area contributed by atoms with E-state index >= 15 is 0 Å². The molecule has 2 aliphatic rings. The number of ether oxygens (including phenoxy) is 2. The zero-order valence-electron chi connectivity index (χ0n) is 15.3. The van der Waals surface area contributed by atoms with Crippen LogP contribution in [-0.4, -0.2) is 45.9 Å². The maximum absolute atomic E-state index is 8.85. The Bertz CT molecular complexity index is 1090. The number of nitrogen functional groups attached to an aromatic ring is 1. The molecule has 8 nitrogen and oxygen atoms in total. The van der Waals surface area contributed by atoms with Gasteiger partial charge >= 0.3 is 0 Å². The molecule has 8 heteroatoms. The Morgan fingerprint density at radius 1 is 1.25 bits per heavy atom. The lowest BCUT2D eigenvalue weighted by Gasteiger charge is -2.15. The molecule has 28 heavy (non-hydrogen) atoms. The summed E-state index contributed by atoms with van der Waals surface area (Å²) < 4.78 is 13.2. The van der Waals surface area contributed by atoms with Crippen LogP contribution in [0.15, 0.2) is 30.7 Å². The highest BCUT2D eigenvalue weighted by molar-refractivity contribution is 6.01. The van der Waals surface area contributed by atoms with Gasteiger partial charge in [0.15, 0.2) is 11.5 Å². The Labute approximate surface area is 162 Å². The maximum atomic E-state index is 8.85. The summed E-state index contributed by atoms with van der Waals surface area (Å²) in [5, 5.41) is 9.70. The smallest absolute Gasteiger partial charge is 0.231 e. The molecule has 2 aromatic heterocycles. The van der Waals surface area contributed by atoms with Crippen molar-refractivity contribution < 1.29 is 9.47 Å². The molecule has 0 bridgehead atoms. The van der Waals surface area contributed by atoms with Crippen LogP contribution in [0.25, 0.3) is 22.2 Å². The normalized spacial score (nSPS) is 18.6. The maximum Gasteiger partial charge on any atom is 0.231 e. The van der Waals surface area contributed by atoms with E-state index in [0.29, 0.717) is 18.3 Å². The van der Waals surface area contributed by atoms with Crippen LogP contribution in [0, 0.1) is 11.3 Å². The third-order valence-electron chi connectivity index (χ3n) is 5.50. The van der Waals surface area contributed by atoms with Crippen LogP contribution >= 0.6 is 0 Å². The largest absolute Gasteiger partial charge is 0.454 e. The van der Waals surface area contributed by atoms with Gasteiger partial charge in [0.05, 0.1) is 11.5 Å². The highest BCUT2D eigenvalue weighted by atomic mass is 16.7. The van der Waals surface area contributed by atoms with Crippen molar-refractivity contribution in [3.8, 4) is 28.7 Å². The number of benzene rings is 1. The van der Waals surface area contributed by atoms with E-state index in [1.54, 1.807) is 0 Å². The lowest BCUT2D eigenvalue weighted by atomic mass is 10.1. The highest BCUT2D eigenvalue weighted by Crippen LogP contribution is 2.40. The van der Waals surface area contributed by atoms with E-state index in [0.717, 1.165) is 59.7 Å². The van der Waals surface area contributed by atoms with Crippen LogP contribution in [0.2, 0.25) is 0 Å². The average molecular weight is 376 g/mol. The second-order valence-corrected chi connectivity index (χ2v) is 7.13. The monoisotopic (exact) mass is 376 g/mol. The minimum atomic E-state index is 0.242. The third-order valence-corrected chi connectivity index (χ3v) is 5.50. The lowest BCUT2D eigenvalue weighted by molar-refractivity contribution is 0.174. The fourth-order valence-corrected chi connectivity index (χ4v) is 4.12. The topological polar surface area (TPSA) is 102 Å². The number of hydrogen-bond acceptors (Lipinski definition) is 7. The Morgan fingerprint density at radius 2 is 2.14 bits per heavy atom. The van der Waals surface area contributed by atoms with Crippen LogP contribution in [0.1, 0.15) is 18.9 Å².